The summed E-state index contributed by atoms with van der Waals surface area (Å²) in [7, 11) is 1.72. The molecule has 0 saturated heterocycles. The van der Waals surface area contributed by atoms with Gasteiger partial charge >= 0.3 is 0 Å². The Balaban J connectivity index is 2.36. The molecule has 17 heavy (non-hydrogen) atoms. The van der Waals surface area contributed by atoms with Gasteiger partial charge in [-0.25, -0.2) is 4.39 Å². The highest BCUT2D eigenvalue weighted by Gasteiger charge is 2.14. The maximum absolute atomic E-state index is 14.2. The smallest absolute Gasteiger partial charge is 0.287 e. The first-order chi connectivity index (χ1) is 8.18. The minimum atomic E-state index is -0.521. The molecule has 6 heteroatoms. The lowest BCUT2D eigenvalue weighted by atomic mass is 10.2. The van der Waals surface area contributed by atoms with Crippen LogP contribution in [0, 0.1) is 5.82 Å². The third-order valence-corrected chi connectivity index (χ3v) is 2.64. The number of hydrogen-bond acceptors (Lipinski definition) is 3. The van der Waals surface area contributed by atoms with E-state index in [2.05, 4.69) is 5.10 Å². The second kappa shape index (κ2) is 3.31. The highest BCUT2D eigenvalue weighted by atomic mass is 19.1. The second-order valence-corrected chi connectivity index (χ2v) is 3.64. The lowest BCUT2D eigenvalue weighted by Crippen LogP contribution is -2.12. The first-order valence-corrected chi connectivity index (χ1v) is 4.96. The zero-order chi connectivity index (χ0) is 12.0. The SMILES string of the molecule is Cn1ncc2c(F)c(-n3occc3=O)ccc21. The molecule has 0 aliphatic heterocycles. The molecule has 3 aromatic rings. The van der Waals surface area contributed by atoms with Gasteiger partial charge < -0.3 is 4.52 Å². The molecule has 0 fully saturated rings. The fourth-order valence-electron chi connectivity index (χ4n) is 1.78. The van der Waals surface area contributed by atoms with E-state index in [0.29, 0.717) is 10.9 Å². The lowest BCUT2D eigenvalue weighted by molar-refractivity contribution is 0.333. The summed E-state index contributed by atoms with van der Waals surface area (Å²) in [6, 6.07) is 4.41. The van der Waals surface area contributed by atoms with Crippen LogP contribution in [0.4, 0.5) is 4.39 Å². The maximum Gasteiger partial charge on any atom is 0.287 e. The number of aryl methyl sites for hydroxylation is 1. The van der Waals surface area contributed by atoms with E-state index in [4.69, 9.17) is 4.52 Å². The summed E-state index contributed by atoms with van der Waals surface area (Å²) in [5.74, 6) is -0.521. The average molecular weight is 233 g/mol. The van der Waals surface area contributed by atoms with Gasteiger partial charge in [-0.15, -0.1) is 4.74 Å². The summed E-state index contributed by atoms with van der Waals surface area (Å²) in [5, 5.41) is 4.32. The largest absolute Gasteiger partial charge is 0.379 e. The lowest BCUT2D eigenvalue weighted by Gasteiger charge is -2.02. The van der Waals surface area contributed by atoms with Crippen LogP contribution >= 0.6 is 0 Å². The molecular formula is C11H8FN3O2. The van der Waals surface area contributed by atoms with Crippen LogP contribution in [-0.4, -0.2) is 14.5 Å². The second-order valence-electron chi connectivity index (χ2n) is 3.64. The van der Waals surface area contributed by atoms with Gasteiger partial charge in [0, 0.05) is 13.1 Å². The zero-order valence-electron chi connectivity index (χ0n) is 8.92. The number of halogens is 1. The minimum Gasteiger partial charge on any atom is -0.379 e. The molecule has 2 aromatic heterocycles. The van der Waals surface area contributed by atoms with Gasteiger partial charge in [-0.05, 0) is 12.1 Å². The molecule has 1 aromatic carbocycles. The molecule has 0 N–H and O–H groups in total. The molecule has 0 bridgehead atoms. The summed E-state index contributed by atoms with van der Waals surface area (Å²) >= 11 is 0. The Kier molecular flexibility index (Phi) is 1.91. The molecule has 2 heterocycles. The van der Waals surface area contributed by atoms with E-state index in [9.17, 15) is 9.18 Å². The molecule has 5 nitrogen and oxygen atoms in total. The molecule has 0 unspecified atom stereocenters. The Morgan fingerprint density at radius 1 is 1.35 bits per heavy atom. The number of benzene rings is 1. The van der Waals surface area contributed by atoms with E-state index in [-0.39, 0.29) is 5.69 Å². The van der Waals surface area contributed by atoms with Gasteiger partial charge in [-0.1, -0.05) is 0 Å². The van der Waals surface area contributed by atoms with Gasteiger partial charge in [-0.2, -0.15) is 5.10 Å². The van der Waals surface area contributed by atoms with Crippen molar-refractivity contribution in [1.29, 1.82) is 0 Å². The maximum atomic E-state index is 14.2. The average Bonchev–Trinajstić information content (AvgIpc) is 2.88. The van der Waals surface area contributed by atoms with E-state index in [1.165, 1.54) is 24.6 Å². The first kappa shape index (κ1) is 9.83. The quantitative estimate of drug-likeness (QED) is 0.639. The molecule has 0 radical (unpaired) electrons. The van der Waals surface area contributed by atoms with Crippen molar-refractivity contribution < 1.29 is 8.91 Å². The van der Waals surface area contributed by atoms with E-state index in [0.717, 1.165) is 4.74 Å². The Labute approximate surface area is 94.6 Å². The van der Waals surface area contributed by atoms with Crippen LogP contribution in [0.1, 0.15) is 0 Å². The van der Waals surface area contributed by atoms with Crippen LogP contribution in [0.25, 0.3) is 16.6 Å². The van der Waals surface area contributed by atoms with E-state index >= 15 is 0 Å². The van der Waals surface area contributed by atoms with E-state index in [1.807, 2.05) is 0 Å². The van der Waals surface area contributed by atoms with Gasteiger partial charge in [0.2, 0.25) is 0 Å². The Morgan fingerprint density at radius 2 is 2.18 bits per heavy atom. The van der Waals surface area contributed by atoms with Crippen molar-refractivity contribution in [2.45, 2.75) is 0 Å². The molecule has 0 aliphatic rings. The topological polar surface area (TPSA) is 53.0 Å². The number of nitrogens with zero attached hydrogens (tertiary/aromatic N) is 3. The van der Waals surface area contributed by atoms with Gasteiger partial charge in [0.05, 0.1) is 17.1 Å². The van der Waals surface area contributed by atoms with Crippen LogP contribution in [-0.2, 0) is 7.05 Å². The number of rotatable bonds is 1. The number of aromatic nitrogens is 3. The third kappa shape index (κ3) is 1.30. The molecule has 0 amide bonds. The highest BCUT2D eigenvalue weighted by molar-refractivity contribution is 5.81. The van der Waals surface area contributed by atoms with Crippen LogP contribution < -0.4 is 5.56 Å². The van der Waals surface area contributed by atoms with Crippen LogP contribution in [0.5, 0.6) is 0 Å². The normalized spacial score (nSPS) is 11.2. The van der Waals surface area contributed by atoms with Crippen molar-refractivity contribution in [3.05, 3.63) is 46.8 Å². The van der Waals surface area contributed by atoms with Gasteiger partial charge in [-0.3, -0.25) is 9.48 Å². The molecule has 3 rings (SSSR count). The summed E-state index contributed by atoms with van der Waals surface area (Å²) < 4.78 is 21.5. The fraction of sp³-hybridized carbons (Fsp3) is 0.0909. The summed E-state index contributed by atoms with van der Waals surface area (Å²) in [6.45, 7) is 0. The summed E-state index contributed by atoms with van der Waals surface area (Å²) in [5.41, 5.74) is 0.332. The standard InChI is InChI=1S/C11H8FN3O2/c1-14-8-2-3-9(11(12)7(8)6-13-14)15-10(16)4-5-17-15/h2-6H,1H3. The van der Waals surface area contributed by atoms with Crippen molar-refractivity contribution in [3.8, 4) is 5.69 Å². The van der Waals surface area contributed by atoms with E-state index < -0.39 is 11.4 Å². The van der Waals surface area contributed by atoms with Crippen LogP contribution in [0.3, 0.4) is 0 Å². The van der Waals surface area contributed by atoms with Gasteiger partial charge in [0.25, 0.3) is 5.56 Å². The van der Waals surface area contributed by atoms with Crippen molar-refractivity contribution in [3.63, 3.8) is 0 Å². The van der Waals surface area contributed by atoms with Crippen molar-refractivity contribution in [1.82, 2.24) is 14.5 Å². The fourth-order valence-corrected chi connectivity index (χ4v) is 1.78. The molecule has 0 saturated carbocycles. The third-order valence-electron chi connectivity index (χ3n) is 2.64. The minimum absolute atomic E-state index is 0.0838. The van der Waals surface area contributed by atoms with Crippen LogP contribution in [0.2, 0.25) is 0 Å². The van der Waals surface area contributed by atoms with E-state index in [1.54, 1.807) is 17.8 Å². The molecule has 0 spiro atoms. The molecular weight excluding hydrogens is 225 g/mol. The summed E-state index contributed by atoms with van der Waals surface area (Å²) in [6.07, 6.45) is 2.64. The monoisotopic (exact) mass is 233 g/mol. The Morgan fingerprint density at radius 3 is 2.88 bits per heavy atom. The highest BCUT2D eigenvalue weighted by Crippen LogP contribution is 2.22. The van der Waals surface area contributed by atoms with Crippen molar-refractivity contribution >= 4 is 10.9 Å². The van der Waals surface area contributed by atoms with Crippen LogP contribution in [0.15, 0.2) is 40.0 Å². The molecule has 0 atom stereocenters. The predicted molar refractivity (Wildman–Crippen MR) is 58.5 cm³/mol. The van der Waals surface area contributed by atoms with Crippen molar-refractivity contribution in [2.24, 2.45) is 7.05 Å². The number of hydrogen-bond donors (Lipinski definition) is 0. The Hall–Kier alpha value is -2.37. The molecule has 0 aliphatic carbocycles. The number of fused-ring (bicyclic) bond motifs is 1. The zero-order valence-corrected chi connectivity index (χ0v) is 8.92. The Bertz CT molecular complexity index is 754. The first-order valence-electron chi connectivity index (χ1n) is 4.96. The molecule has 86 valence electrons. The van der Waals surface area contributed by atoms with Gasteiger partial charge in [0.1, 0.15) is 12.0 Å². The van der Waals surface area contributed by atoms with Crippen molar-refractivity contribution in [2.75, 3.05) is 0 Å². The predicted octanol–water partition coefficient (Wildman–Crippen LogP) is 1.46. The summed E-state index contributed by atoms with van der Waals surface area (Å²) in [4.78, 5) is 11.4. The van der Waals surface area contributed by atoms with Gasteiger partial charge in [0.15, 0.2) is 5.82 Å².